The second-order valence-electron chi connectivity index (χ2n) is 4.21. The zero-order chi connectivity index (χ0) is 14.6. The number of aromatic amines is 1. The molecule has 0 saturated heterocycles. The van der Waals surface area contributed by atoms with Gasteiger partial charge in [-0.2, -0.15) is 5.10 Å². The van der Waals surface area contributed by atoms with Crippen molar-refractivity contribution in [2.24, 2.45) is 0 Å². The second-order valence-corrected chi connectivity index (χ2v) is 6.88. The van der Waals surface area contributed by atoms with Gasteiger partial charge in [0.1, 0.15) is 17.0 Å². The van der Waals surface area contributed by atoms with E-state index in [1.807, 2.05) is 12.3 Å². The van der Waals surface area contributed by atoms with Gasteiger partial charge in [-0.1, -0.05) is 6.92 Å². The number of aromatic nitrogens is 3. The Morgan fingerprint density at radius 3 is 2.85 bits per heavy atom. The van der Waals surface area contributed by atoms with Gasteiger partial charge in [0.2, 0.25) is 10.0 Å². The van der Waals surface area contributed by atoms with E-state index in [2.05, 4.69) is 25.2 Å². The Balaban J connectivity index is 2.18. The quantitative estimate of drug-likeness (QED) is 0.700. The summed E-state index contributed by atoms with van der Waals surface area (Å²) >= 11 is 1.45. The van der Waals surface area contributed by atoms with Crippen LogP contribution in [-0.2, 0) is 23.1 Å². The van der Waals surface area contributed by atoms with Crippen molar-refractivity contribution in [2.75, 3.05) is 6.54 Å². The van der Waals surface area contributed by atoms with E-state index in [0.717, 1.165) is 17.0 Å². The molecule has 2 aromatic heterocycles. The van der Waals surface area contributed by atoms with Crippen LogP contribution in [0.4, 0.5) is 0 Å². The van der Waals surface area contributed by atoms with Crippen molar-refractivity contribution in [2.45, 2.75) is 31.8 Å². The Morgan fingerprint density at radius 2 is 2.20 bits per heavy atom. The van der Waals surface area contributed by atoms with Crippen LogP contribution in [0.1, 0.15) is 23.2 Å². The lowest BCUT2D eigenvalue weighted by Crippen LogP contribution is -2.25. The highest BCUT2D eigenvalue weighted by Gasteiger charge is 2.22. The van der Waals surface area contributed by atoms with Gasteiger partial charge in [0.05, 0.1) is 6.54 Å². The monoisotopic (exact) mass is 315 g/mol. The minimum absolute atomic E-state index is 0.0955. The smallest absolute Gasteiger partial charge is 0.242 e. The summed E-state index contributed by atoms with van der Waals surface area (Å²) in [6, 6.07) is 0. The van der Waals surface area contributed by atoms with E-state index in [1.54, 1.807) is 6.92 Å². The van der Waals surface area contributed by atoms with Crippen molar-refractivity contribution in [1.29, 1.82) is 0 Å². The molecule has 110 valence electrons. The van der Waals surface area contributed by atoms with Crippen LogP contribution in [0.15, 0.2) is 16.6 Å². The van der Waals surface area contributed by atoms with Crippen LogP contribution in [0.5, 0.6) is 0 Å². The molecule has 2 heterocycles. The Hall–Kier alpha value is -1.29. The first-order chi connectivity index (χ1) is 9.54. The number of hydrogen-bond acceptors (Lipinski definition) is 6. The summed E-state index contributed by atoms with van der Waals surface area (Å²) in [5.41, 5.74) is 0.757. The summed E-state index contributed by atoms with van der Waals surface area (Å²) in [5.74, 6) is 0.481. The average Bonchev–Trinajstić information content (AvgIpc) is 3.03. The third-order valence-electron chi connectivity index (χ3n) is 2.69. The molecule has 0 bridgehead atoms. The molecule has 20 heavy (non-hydrogen) atoms. The Labute approximate surface area is 121 Å². The Bertz CT molecular complexity index is 648. The summed E-state index contributed by atoms with van der Waals surface area (Å²) in [7, 11) is -3.55. The van der Waals surface area contributed by atoms with E-state index in [4.69, 9.17) is 0 Å². The normalized spacial score (nSPS) is 11.9. The lowest BCUT2D eigenvalue weighted by atomic mass is 10.3. The van der Waals surface area contributed by atoms with Gasteiger partial charge in [-0.3, -0.25) is 5.10 Å². The van der Waals surface area contributed by atoms with Crippen LogP contribution < -0.4 is 10.0 Å². The molecule has 2 rings (SSSR count). The van der Waals surface area contributed by atoms with Crippen LogP contribution in [0.25, 0.3) is 0 Å². The van der Waals surface area contributed by atoms with Crippen LogP contribution in [0.3, 0.4) is 0 Å². The molecule has 7 nitrogen and oxygen atoms in total. The third kappa shape index (κ3) is 3.42. The summed E-state index contributed by atoms with van der Waals surface area (Å²) in [4.78, 5) is 5.07. The molecule has 9 heteroatoms. The maximum Gasteiger partial charge on any atom is 0.242 e. The molecule has 0 aliphatic heterocycles. The summed E-state index contributed by atoms with van der Waals surface area (Å²) in [6.45, 7) is 5.22. The van der Waals surface area contributed by atoms with Crippen molar-refractivity contribution in [1.82, 2.24) is 25.2 Å². The fraction of sp³-hybridized carbons (Fsp3) is 0.455. The number of nitrogens with zero attached hydrogens (tertiary/aromatic N) is 2. The third-order valence-corrected chi connectivity index (χ3v) is 5.55. The number of thiophene rings is 1. The lowest BCUT2D eigenvalue weighted by Gasteiger charge is -2.08. The Kier molecular flexibility index (Phi) is 4.86. The van der Waals surface area contributed by atoms with E-state index in [0.29, 0.717) is 17.3 Å². The molecule has 3 N–H and O–H groups in total. The number of sulfonamides is 1. The van der Waals surface area contributed by atoms with Crippen LogP contribution >= 0.6 is 11.3 Å². The van der Waals surface area contributed by atoms with Gasteiger partial charge in [0.25, 0.3) is 0 Å². The van der Waals surface area contributed by atoms with Gasteiger partial charge in [0, 0.05) is 11.4 Å². The summed E-state index contributed by atoms with van der Waals surface area (Å²) in [6.07, 6.45) is 1.34. The fourth-order valence-electron chi connectivity index (χ4n) is 1.76. The van der Waals surface area contributed by atoms with Gasteiger partial charge in [0.15, 0.2) is 0 Å². The molecule has 0 aliphatic rings. The largest absolute Gasteiger partial charge is 0.312 e. The number of aryl methyl sites for hydroxylation is 1. The molecule has 0 atom stereocenters. The summed E-state index contributed by atoms with van der Waals surface area (Å²) < 4.78 is 27.3. The van der Waals surface area contributed by atoms with Crippen LogP contribution in [-0.4, -0.2) is 30.1 Å². The minimum Gasteiger partial charge on any atom is -0.312 e. The zero-order valence-corrected chi connectivity index (χ0v) is 12.9. The minimum atomic E-state index is -3.55. The van der Waals surface area contributed by atoms with E-state index < -0.39 is 10.0 Å². The van der Waals surface area contributed by atoms with Gasteiger partial charge in [-0.05, 0) is 24.4 Å². The maximum absolute atomic E-state index is 12.4. The molecule has 0 aromatic carbocycles. The number of rotatable bonds is 7. The molecular formula is C11H17N5O2S2. The highest BCUT2D eigenvalue weighted by molar-refractivity contribution is 7.89. The van der Waals surface area contributed by atoms with Crippen molar-refractivity contribution in [3.05, 3.63) is 28.0 Å². The predicted molar refractivity (Wildman–Crippen MR) is 76.8 cm³/mol. The zero-order valence-electron chi connectivity index (χ0n) is 11.3. The highest BCUT2D eigenvalue weighted by Crippen LogP contribution is 2.26. The predicted octanol–water partition coefficient (Wildman–Crippen LogP) is 0.763. The average molecular weight is 315 g/mol. The molecule has 0 saturated carbocycles. The number of H-pyrrole nitrogens is 1. The fourth-order valence-corrected chi connectivity index (χ4v) is 4.52. The standard InChI is InChI=1S/C11H17N5O2S2/c1-3-12-4-9-11(8(2)6-19-9)20(17,18)15-5-10-13-7-14-16-10/h6-7,12,15H,3-5H2,1-2H3,(H,13,14,16). The highest BCUT2D eigenvalue weighted by atomic mass is 32.2. The topological polar surface area (TPSA) is 99.8 Å². The van der Waals surface area contributed by atoms with Crippen molar-refractivity contribution in [3.63, 3.8) is 0 Å². The van der Waals surface area contributed by atoms with Gasteiger partial charge in [-0.25, -0.2) is 18.1 Å². The van der Waals surface area contributed by atoms with Gasteiger partial charge in [-0.15, -0.1) is 11.3 Å². The molecule has 0 aliphatic carbocycles. The van der Waals surface area contributed by atoms with Crippen molar-refractivity contribution < 1.29 is 8.42 Å². The first-order valence-electron chi connectivity index (χ1n) is 6.16. The van der Waals surface area contributed by atoms with Crippen LogP contribution in [0.2, 0.25) is 0 Å². The van der Waals surface area contributed by atoms with Crippen molar-refractivity contribution in [3.8, 4) is 0 Å². The molecule has 2 aromatic rings. The van der Waals surface area contributed by atoms with Gasteiger partial charge >= 0.3 is 0 Å². The SMILES string of the molecule is CCNCc1scc(C)c1S(=O)(=O)NCc1ncn[nH]1. The number of nitrogens with one attached hydrogen (secondary N) is 3. The molecule has 0 unspecified atom stereocenters. The van der Waals surface area contributed by atoms with E-state index in [9.17, 15) is 8.42 Å². The first-order valence-corrected chi connectivity index (χ1v) is 8.52. The Morgan fingerprint density at radius 1 is 1.40 bits per heavy atom. The molecule has 0 radical (unpaired) electrons. The van der Waals surface area contributed by atoms with E-state index in [1.165, 1.54) is 17.7 Å². The van der Waals surface area contributed by atoms with Crippen LogP contribution in [0, 0.1) is 6.92 Å². The van der Waals surface area contributed by atoms with Crippen molar-refractivity contribution >= 4 is 21.4 Å². The lowest BCUT2D eigenvalue weighted by molar-refractivity contribution is 0.577. The van der Waals surface area contributed by atoms with Gasteiger partial charge < -0.3 is 5.32 Å². The maximum atomic E-state index is 12.4. The number of hydrogen-bond donors (Lipinski definition) is 3. The second kappa shape index (κ2) is 6.44. The van der Waals surface area contributed by atoms with E-state index in [-0.39, 0.29) is 6.54 Å². The van der Waals surface area contributed by atoms with E-state index >= 15 is 0 Å². The molecule has 0 spiro atoms. The molecule has 0 amide bonds. The summed E-state index contributed by atoms with van der Waals surface area (Å²) in [5, 5.41) is 11.3. The molecule has 0 fully saturated rings. The molecular weight excluding hydrogens is 298 g/mol. The first kappa shape index (κ1) is 15.1.